The molecule has 2 fully saturated rings. The minimum atomic E-state index is -2.76. The second-order valence-electron chi connectivity index (χ2n) is 11.3. The van der Waals surface area contributed by atoms with Crippen LogP contribution < -0.4 is 9.47 Å². The quantitative estimate of drug-likeness (QED) is 0.221. The number of benzene rings is 2. The summed E-state index contributed by atoms with van der Waals surface area (Å²) in [6.45, 7) is 4.87. The molecular formula is C32H33F3N4O5. The summed E-state index contributed by atoms with van der Waals surface area (Å²) in [5.41, 5.74) is 1.91. The van der Waals surface area contributed by atoms with Gasteiger partial charge in [0.1, 0.15) is 24.3 Å². The van der Waals surface area contributed by atoms with E-state index in [-0.39, 0.29) is 36.2 Å². The third kappa shape index (κ3) is 6.66. The van der Waals surface area contributed by atoms with Crippen molar-refractivity contribution in [3.8, 4) is 11.5 Å². The molecule has 0 spiro atoms. The predicted octanol–water partition coefficient (Wildman–Crippen LogP) is 6.01. The van der Waals surface area contributed by atoms with Crippen LogP contribution in [0.3, 0.4) is 0 Å². The van der Waals surface area contributed by atoms with Gasteiger partial charge in [-0.3, -0.25) is 9.88 Å². The molecule has 12 heteroatoms. The van der Waals surface area contributed by atoms with Crippen LogP contribution in [0.2, 0.25) is 0 Å². The molecule has 232 valence electrons. The average Bonchev–Trinajstić information content (AvgIpc) is 3.31. The molecule has 1 N–H and O–H groups in total. The third-order valence-corrected chi connectivity index (χ3v) is 8.24. The van der Waals surface area contributed by atoms with Crippen LogP contribution in [0.1, 0.15) is 60.1 Å². The predicted molar refractivity (Wildman–Crippen MR) is 154 cm³/mol. The van der Waals surface area contributed by atoms with Gasteiger partial charge in [-0.1, -0.05) is 0 Å². The van der Waals surface area contributed by atoms with E-state index in [1.165, 1.54) is 6.07 Å². The number of ether oxygens (including phenoxy) is 3. The maximum absolute atomic E-state index is 14.2. The number of rotatable bonds is 11. The van der Waals surface area contributed by atoms with Crippen LogP contribution in [0.25, 0.3) is 11.0 Å². The Morgan fingerprint density at radius 3 is 2.70 bits per heavy atom. The number of imidazole rings is 1. The van der Waals surface area contributed by atoms with E-state index < -0.39 is 23.8 Å². The summed E-state index contributed by atoms with van der Waals surface area (Å²) >= 11 is 0. The maximum atomic E-state index is 14.2. The standard InChI is InChI=1S/C32H33F3N4O5/c1-19-12-24(44-23-6-9-36-22(15-23)18-43-29-5-3-20(31(34)35)13-26(29)33)7-10-38(19)17-30-37-27-4-2-21(32(40)41)14-28(27)39(30)16-25-8-11-42-25/h2-6,9,13-15,19,24-25,31H,7-8,10-12,16-18H2,1H3,(H,40,41)/t19-,24-,25-/m0/s1. The molecule has 0 bridgehead atoms. The summed E-state index contributed by atoms with van der Waals surface area (Å²) in [7, 11) is 0. The molecule has 2 aromatic heterocycles. The number of likely N-dealkylation sites (tertiary alicyclic amines) is 1. The largest absolute Gasteiger partial charge is 0.490 e. The van der Waals surface area contributed by atoms with Crippen LogP contribution in [-0.2, 0) is 24.4 Å². The minimum absolute atomic E-state index is 0.0305. The molecule has 6 rings (SSSR count). The van der Waals surface area contributed by atoms with Gasteiger partial charge in [-0.2, -0.15) is 0 Å². The number of aromatic carboxylic acids is 1. The zero-order valence-corrected chi connectivity index (χ0v) is 24.2. The highest BCUT2D eigenvalue weighted by Crippen LogP contribution is 2.29. The summed E-state index contributed by atoms with van der Waals surface area (Å²) in [5, 5.41) is 9.51. The van der Waals surface area contributed by atoms with Gasteiger partial charge < -0.3 is 23.9 Å². The second kappa shape index (κ2) is 12.8. The van der Waals surface area contributed by atoms with Crippen molar-refractivity contribution in [3.05, 3.63) is 83.2 Å². The van der Waals surface area contributed by atoms with Gasteiger partial charge in [0.2, 0.25) is 0 Å². The summed E-state index contributed by atoms with van der Waals surface area (Å²) in [6, 6.07) is 11.8. The van der Waals surface area contributed by atoms with Crippen molar-refractivity contribution in [2.24, 2.45) is 0 Å². The van der Waals surface area contributed by atoms with E-state index in [1.54, 1.807) is 36.5 Å². The molecule has 4 aromatic rings. The van der Waals surface area contributed by atoms with Crippen molar-refractivity contribution < 1.29 is 37.3 Å². The first-order valence-electron chi connectivity index (χ1n) is 14.6. The zero-order chi connectivity index (χ0) is 30.8. The topological polar surface area (TPSA) is 98.9 Å². The lowest BCUT2D eigenvalue weighted by molar-refractivity contribution is -0.0593. The van der Waals surface area contributed by atoms with Crippen molar-refractivity contribution in [2.45, 2.75) is 70.6 Å². The van der Waals surface area contributed by atoms with Crippen LogP contribution in [0, 0.1) is 5.82 Å². The number of alkyl halides is 2. The molecule has 3 atom stereocenters. The van der Waals surface area contributed by atoms with Crippen molar-refractivity contribution in [1.82, 2.24) is 19.4 Å². The van der Waals surface area contributed by atoms with Gasteiger partial charge in [0.25, 0.3) is 6.43 Å². The van der Waals surface area contributed by atoms with Gasteiger partial charge in [-0.25, -0.2) is 22.9 Å². The normalized spacial score (nSPS) is 20.5. The van der Waals surface area contributed by atoms with Crippen molar-refractivity contribution >= 4 is 17.0 Å². The van der Waals surface area contributed by atoms with Crippen molar-refractivity contribution in [1.29, 1.82) is 0 Å². The van der Waals surface area contributed by atoms with Gasteiger partial charge in [0, 0.05) is 37.0 Å². The Morgan fingerprint density at radius 1 is 1.16 bits per heavy atom. The number of hydrogen-bond acceptors (Lipinski definition) is 7. The molecule has 2 saturated heterocycles. The SMILES string of the molecule is C[C@H]1C[C@@H](Oc2ccnc(COc3ccc(C(F)F)cc3F)c2)CCN1Cc1nc2ccc(C(=O)O)cc2n1C[C@@H]1CCO1. The lowest BCUT2D eigenvalue weighted by Gasteiger charge is -2.37. The van der Waals surface area contributed by atoms with Gasteiger partial charge in [0.15, 0.2) is 11.6 Å². The minimum Gasteiger partial charge on any atom is -0.490 e. The highest BCUT2D eigenvalue weighted by atomic mass is 19.3. The molecule has 9 nitrogen and oxygen atoms in total. The van der Waals surface area contributed by atoms with Gasteiger partial charge in [-0.05, 0) is 68.7 Å². The van der Waals surface area contributed by atoms with E-state index in [9.17, 15) is 23.1 Å². The smallest absolute Gasteiger partial charge is 0.335 e. The Bertz CT molecular complexity index is 1640. The molecule has 0 saturated carbocycles. The molecule has 0 unspecified atom stereocenters. The van der Waals surface area contributed by atoms with E-state index in [2.05, 4.69) is 21.4 Å². The first kappa shape index (κ1) is 29.9. The van der Waals surface area contributed by atoms with Gasteiger partial charge in [-0.15, -0.1) is 0 Å². The molecule has 0 amide bonds. The Balaban J connectivity index is 1.08. The van der Waals surface area contributed by atoms with Crippen LogP contribution >= 0.6 is 0 Å². The Labute approximate surface area is 252 Å². The van der Waals surface area contributed by atoms with E-state index in [4.69, 9.17) is 19.2 Å². The number of aromatic nitrogens is 3. The van der Waals surface area contributed by atoms with E-state index in [1.807, 2.05) is 0 Å². The third-order valence-electron chi connectivity index (χ3n) is 8.24. The lowest BCUT2D eigenvalue weighted by atomic mass is 10.0. The number of halogens is 3. The summed E-state index contributed by atoms with van der Waals surface area (Å²) in [5.74, 6) is -0.452. The fourth-order valence-electron chi connectivity index (χ4n) is 5.69. The number of carboxylic acids is 1. The first-order valence-corrected chi connectivity index (χ1v) is 14.6. The lowest BCUT2D eigenvalue weighted by Crippen LogP contribution is -2.44. The number of pyridine rings is 1. The Kier molecular flexibility index (Phi) is 8.72. The van der Waals surface area contributed by atoms with Crippen LogP contribution in [0.5, 0.6) is 11.5 Å². The zero-order valence-electron chi connectivity index (χ0n) is 24.2. The fraction of sp³-hybridized carbons (Fsp3) is 0.406. The molecule has 0 radical (unpaired) electrons. The number of piperidine rings is 1. The van der Waals surface area contributed by atoms with Gasteiger partial charge >= 0.3 is 5.97 Å². The van der Waals surface area contributed by atoms with Crippen LogP contribution in [-0.4, -0.2) is 61.9 Å². The van der Waals surface area contributed by atoms with E-state index in [0.29, 0.717) is 24.5 Å². The Morgan fingerprint density at radius 2 is 2.00 bits per heavy atom. The molecule has 2 aromatic carbocycles. The molecule has 44 heavy (non-hydrogen) atoms. The van der Waals surface area contributed by atoms with Crippen LogP contribution in [0.15, 0.2) is 54.7 Å². The highest BCUT2D eigenvalue weighted by molar-refractivity contribution is 5.92. The number of carbonyl (C=O) groups is 1. The van der Waals surface area contributed by atoms with E-state index >= 15 is 0 Å². The van der Waals surface area contributed by atoms with Crippen molar-refractivity contribution in [3.63, 3.8) is 0 Å². The molecular weight excluding hydrogens is 577 g/mol. The van der Waals surface area contributed by atoms with Gasteiger partial charge in [0.05, 0.1) is 41.5 Å². The first-order chi connectivity index (χ1) is 21.2. The average molecular weight is 611 g/mol. The maximum Gasteiger partial charge on any atom is 0.335 e. The number of fused-ring (bicyclic) bond motifs is 1. The molecule has 2 aliphatic rings. The number of hydrogen-bond donors (Lipinski definition) is 1. The Hall–Kier alpha value is -4.16. The second-order valence-corrected chi connectivity index (χ2v) is 11.3. The summed E-state index contributed by atoms with van der Waals surface area (Å²) in [6.07, 6.45) is 1.43. The molecule has 4 heterocycles. The summed E-state index contributed by atoms with van der Waals surface area (Å²) < 4.78 is 59.3. The molecule has 0 aliphatic carbocycles. The molecule has 2 aliphatic heterocycles. The van der Waals surface area contributed by atoms with Crippen molar-refractivity contribution in [2.75, 3.05) is 13.2 Å². The monoisotopic (exact) mass is 610 g/mol. The number of carboxylic acid groups (broad SMARTS) is 1. The fourth-order valence-corrected chi connectivity index (χ4v) is 5.69. The van der Waals surface area contributed by atoms with E-state index in [0.717, 1.165) is 61.4 Å². The summed E-state index contributed by atoms with van der Waals surface area (Å²) in [4.78, 5) is 23.1. The van der Waals surface area contributed by atoms with Crippen LogP contribution in [0.4, 0.5) is 13.2 Å². The highest BCUT2D eigenvalue weighted by Gasteiger charge is 2.29. The number of nitrogens with zero attached hydrogens (tertiary/aromatic N) is 4.